The number of aliphatic hydroxyl groups excluding tert-OH is 2. The second-order valence-corrected chi connectivity index (χ2v) is 5.09. The molecule has 0 amide bonds. The van der Waals surface area contributed by atoms with Crippen LogP contribution in [0.15, 0.2) is 0 Å². The van der Waals surface area contributed by atoms with E-state index in [4.69, 9.17) is 9.47 Å². The highest BCUT2D eigenvalue weighted by Gasteiger charge is 2.71. The molecule has 3 aliphatic rings. The molecule has 1 saturated heterocycles. The van der Waals surface area contributed by atoms with Crippen LogP contribution in [0.3, 0.4) is 0 Å². The van der Waals surface area contributed by atoms with E-state index in [1.165, 1.54) is 0 Å². The predicted octanol–water partition coefficient (Wildman–Crippen LogP) is 0.414. The van der Waals surface area contributed by atoms with Crippen molar-refractivity contribution >= 4 is 0 Å². The summed E-state index contributed by atoms with van der Waals surface area (Å²) < 4.78 is 11.1. The summed E-state index contributed by atoms with van der Waals surface area (Å²) in [4.78, 5) is 0. The van der Waals surface area contributed by atoms with E-state index in [-0.39, 0.29) is 5.41 Å². The van der Waals surface area contributed by atoms with Gasteiger partial charge in [-0.2, -0.15) is 0 Å². The lowest BCUT2D eigenvalue weighted by molar-refractivity contribution is -0.301. The summed E-state index contributed by atoms with van der Waals surface area (Å²) in [7, 11) is 0. The molecule has 4 nitrogen and oxygen atoms in total. The number of hydrogen-bond donors (Lipinski definition) is 2. The maximum atomic E-state index is 10.2. The Kier molecular flexibility index (Phi) is 1.97. The van der Waals surface area contributed by atoms with Crippen molar-refractivity contribution in [3.8, 4) is 0 Å². The van der Waals surface area contributed by atoms with E-state index in [2.05, 4.69) is 0 Å². The third-order valence-corrected chi connectivity index (χ3v) is 4.14. The highest BCUT2D eigenvalue weighted by molar-refractivity contribution is 5.19. The zero-order valence-corrected chi connectivity index (χ0v) is 8.98. The lowest BCUT2D eigenvalue weighted by Crippen LogP contribution is -2.57. The minimum atomic E-state index is -0.668. The molecule has 3 rings (SSSR count). The summed E-state index contributed by atoms with van der Waals surface area (Å²) >= 11 is 0. The van der Waals surface area contributed by atoms with E-state index in [0.29, 0.717) is 6.61 Å². The molecule has 1 unspecified atom stereocenters. The largest absolute Gasteiger partial charge is 0.389 e. The molecule has 2 aliphatic carbocycles. The third kappa shape index (κ3) is 1.22. The van der Waals surface area contributed by atoms with Gasteiger partial charge in [0.05, 0.1) is 11.7 Å². The van der Waals surface area contributed by atoms with Crippen LogP contribution >= 0.6 is 0 Å². The summed E-state index contributed by atoms with van der Waals surface area (Å²) in [6.45, 7) is 2.42. The van der Waals surface area contributed by atoms with E-state index >= 15 is 0 Å². The topological polar surface area (TPSA) is 58.9 Å². The maximum Gasteiger partial charge on any atom is 0.184 e. The molecule has 1 aliphatic heterocycles. The van der Waals surface area contributed by atoms with Crippen molar-refractivity contribution in [2.24, 2.45) is 5.41 Å². The van der Waals surface area contributed by atoms with Crippen LogP contribution in [0.25, 0.3) is 0 Å². The average molecular weight is 214 g/mol. The molecule has 2 saturated carbocycles. The van der Waals surface area contributed by atoms with E-state index < -0.39 is 24.1 Å². The monoisotopic (exact) mass is 214 g/mol. The minimum Gasteiger partial charge on any atom is -0.389 e. The highest BCUT2D eigenvalue weighted by Crippen LogP contribution is 2.64. The molecule has 0 aromatic heterocycles. The van der Waals surface area contributed by atoms with Gasteiger partial charge in [0.2, 0.25) is 0 Å². The standard InChI is InChI=1S/C11H18O4/c1-2-14-8-7(12)10(3-4-10)9(13)11(15-8)5-6-11/h7-9,12-13H,2-6H2,1H3/t7-,8?,9-/m0/s1. The van der Waals surface area contributed by atoms with Gasteiger partial charge in [-0.1, -0.05) is 0 Å². The van der Waals surface area contributed by atoms with E-state index in [1.807, 2.05) is 6.92 Å². The van der Waals surface area contributed by atoms with Crippen molar-refractivity contribution in [2.75, 3.05) is 6.61 Å². The van der Waals surface area contributed by atoms with Crippen molar-refractivity contribution in [3.63, 3.8) is 0 Å². The highest BCUT2D eigenvalue weighted by atomic mass is 16.7. The fourth-order valence-corrected chi connectivity index (χ4v) is 2.83. The molecule has 3 fully saturated rings. The zero-order valence-electron chi connectivity index (χ0n) is 8.98. The molecular weight excluding hydrogens is 196 g/mol. The van der Waals surface area contributed by atoms with E-state index in [0.717, 1.165) is 25.7 Å². The third-order valence-electron chi connectivity index (χ3n) is 4.14. The SMILES string of the molecule is CCOC1OC2(CC2)[C@@H](O)C2(CC2)[C@H]1O. The van der Waals surface area contributed by atoms with Crippen molar-refractivity contribution in [1.29, 1.82) is 0 Å². The van der Waals surface area contributed by atoms with E-state index in [1.54, 1.807) is 0 Å². The van der Waals surface area contributed by atoms with Crippen LogP contribution in [0.5, 0.6) is 0 Å². The first kappa shape index (κ1) is 10.0. The number of aliphatic hydroxyl groups is 2. The average Bonchev–Trinajstić information content (AvgIpc) is 3.10. The molecule has 15 heavy (non-hydrogen) atoms. The van der Waals surface area contributed by atoms with Gasteiger partial charge < -0.3 is 19.7 Å². The Morgan fingerprint density at radius 1 is 1.27 bits per heavy atom. The van der Waals surface area contributed by atoms with Crippen LogP contribution in [0.4, 0.5) is 0 Å². The lowest BCUT2D eigenvalue weighted by atomic mass is 9.84. The molecular formula is C11H18O4. The zero-order chi connectivity index (χ0) is 10.7. The lowest BCUT2D eigenvalue weighted by Gasteiger charge is -2.43. The van der Waals surface area contributed by atoms with E-state index in [9.17, 15) is 10.2 Å². The van der Waals surface area contributed by atoms with Crippen LogP contribution in [-0.2, 0) is 9.47 Å². The Morgan fingerprint density at radius 3 is 2.40 bits per heavy atom. The van der Waals surface area contributed by atoms with Gasteiger partial charge in [-0.05, 0) is 32.6 Å². The Hall–Kier alpha value is -0.160. The molecule has 2 spiro atoms. The number of rotatable bonds is 2. The quantitative estimate of drug-likeness (QED) is 0.699. The van der Waals surface area contributed by atoms with Crippen molar-refractivity contribution in [3.05, 3.63) is 0 Å². The molecule has 0 bridgehead atoms. The van der Waals surface area contributed by atoms with Crippen LogP contribution < -0.4 is 0 Å². The first-order chi connectivity index (χ1) is 7.15. The molecule has 2 N–H and O–H groups in total. The van der Waals surface area contributed by atoms with Crippen molar-refractivity contribution in [2.45, 2.75) is 56.7 Å². The summed E-state index contributed by atoms with van der Waals surface area (Å²) in [5.74, 6) is 0. The molecule has 86 valence electrons. The summed E-state index contributed by atoms with van der Waals surface area (Å²) in [6.07, 6.45) is 1.87. The molecule has 0 aromatic carbocycles. The molecule has 0 aromatic rings. The summed E-state index contributed by atoms with van der Waals surface area (Å²) in [5.41, 5.74) is -0.718. The maximum absolute atomic E-state index is 10.2. The van der Waals surface area contributed by atoms with Gasteiger partial charge in [0.25, 0.3) is 0 Å². The number of ether oxygens (including phenoxy) is 2. The fraction of sp³-hybridized carbons (Fsp3) is 1.00. The molecule has 4 heteroatoms. The second kappa shape index (κ2) is 2.94. The van der Waals surface area contributed by atoms with Crippen LogP contribution in [0.2, 0.25) is 0 Å². The van der Waals surface area contributed by atoms with Crippen molar-refractivity contribution < 1.29 is 19.7 Å². The van der Waals surface area contributed by atoms with Gasteiger partial charge in [-0.3, -0.25) is 0 Å². The normalized spacial score (nSPS) is 44.6. The Morgan fingerprint density at radius 2 is 1.93 bits per heavy atom. The van der Waals surface area contributed by atoms with Gasteiger partial charge in [0.15, 0.2) is 6.29 Å². The van der Waals surface area contributed by atoms with Gasteiger partial charge >= 0.3 is 0 Å². The Bertz CT molecular complexity index is 270. The Balaban J connectivity index is 1.84. The summed E-state index contributed by atoms with van der Waals surface area (Å²) in [6, 6.07) is 0. The van der Waals surface area contributed by atoms with Gasteiger partial charge in [0, 0.05) is 12.0 Å². The van der Waals surface area contributed by atoms with Gasteiger partial charge in [0.1, 0.15) is 6.10 Å². The Labute approximate surface area is 89.2 Å². The number of hydrogen-bond acceptors (Lipinski definition) is 4. The van der Waals surface area contributed by atoms with Gasteiger partial charge in [-0.15, -0.1) is 0 Å². The van der Waals surface area contributed by atoms with Gasteiger partial charge in [-0.25, -0.2) is 0 Å². The van der Waals surface area contributed by atoms with Crippen molar-refractivity contribution in [1.82, 2.24) is 0 Å². The smallest absolute Gasteiger partial charge is 0.184 e. The van der Waals surface area contributed by atoms with Crippen LogP contribution in [0, 0.1) is 5.41 Å². The first-order valence-corrected chi connectivity index (χ1v) is 5.80. The molecule has 3 atom stereocenters. The van der Waals surface area contributed by atoms with Crippen LogP contribution in [-0.4, -0.2) is 40.9 Å². The van der Waals surface area contributed by atoms with Crippen LogP contribution in [0.1, 0.15) is 32.6 Å². The first-order valence-electron chi connectivity index (χ1n) is 5.80. The fourth-order valence-electron chi connectivity index (χ4n) is 2.83. The summed E-state index contributed by atoms with van der Waals surface area (Å²) in [5, 5.41) is 20.3. The molecule has 0 radical (unpaired) electrons. The minimum absolute atomic E-state index is 0.325. The second-order valence-electron chi connectivity index (χ2n) is 5.09. The predicted molar refractivity (Wildman–Crippen MR) is 52.1 cm³/mol. The molecule has 1 heterocycles.